The van der Waals surface area contributed by atoms with Gasteiger partial charge in [0.25, 0.3) is 0 Å². The predicted molar refractivity (Wildman–Crippen MR) is 93.3 cm³/mol. The number of carbonyl (C=O) groups is 1. The average molecular weight is 333 g/mol. The average Bonchev–Trinajstić information content (AvgIpc) is 2.33. The zero-order valence-electron chi connectivity index (χ0n) is 15.9. The highest BCUT2D eigenvalue weighted by Crippen LogP contribution is 2.39. The van der Waals surface area contributed by atoms with E-state index in [0.29, 0.717) is 6.61 Å². The first kappa shape index (κ1) is 21.6. The van der Waals surface area contributed by atoms with E-state index >= 15 is 0 Å². The third-order valence-electron chi connectivity index (χ3n) is 4.70. The highest BCUT2D eigenvalue weighted by molar-refractivity contribution is 6.74. The van der Waals surface area contributed by atoms with Crippen molar-refractivity contribution in [1.29, 1.82) is 0 Å². The first-order chi connectivity index (χ1) is 9.83. The van der Waals surface area contributed by atoms with Crippen molar-refractivity contribution in [2.45, 2.75) is 85.2 Å². The van der Waals surface area contributed by atoms with E-state index in [9.17, 15) is 9.90 Å². The number of aliphatic hydroxyl groups is 1. The zero-order valence-corrected chi connectivity index (χ0v) is 16.9. The maximum atomic E-state index is 11.6. The second-order valence-corrected chi connectivity index (χ2v) is 12.8. The van der Waals surface area contributed by atoms with Crippen molar-refractivity contribution in [3.05, 3.63) is 0 Å². The standard InChI is InChI=1S/C17H36O4Si/c1-10-20-15(19)11-14(18)13(4)16(12(2)3)21-22(8,9)17(5,6)7/h12-14,16,18H,10-11H2,1-9H3/t13-,14+,16+/m1/s1. The first-order valence-corrected chi connectivity index (χ1v) is 11.3. The smallest absolute Gasteiger partial charge is 0.308 e. The molecule has 0 heterocycles. The Hall–Kier alpha value is -0.393. The SMILES string of the molecule is CCOC(=O)C[C@H](O)[C@@H](C)[C@@H](O[Si](C)(C)C(C)(C)C)C(C)C. The van der Waals surface area contributed by atoms with Gasteiger partial charge in [0.2, 0.25) is 0 Å². The third-order valence-corrected chi connectivity index (χ3v) is 9.17. The van der Waals surface area contributed by atoms with E-state index < -0.39 is 14.4 Å². The number of aliphatic hydroxyl groups excluding tert-OH is 1. The maximum absolute atomic E-state index is 11.6. The minimum atomic E-state index is -1.92. The van der Waals surface area contributed by atoms with E-state index in [1.165, 1.54) is 0 Å². The van der Waals surface area contributed by atoms with Crippen LogP contribution in [-0.2, 0) is 14.0 Å². The lowest BCUT2D eigenvalue weighted by Gasteiger charge is -2.43. The fourth-order valence-electron chi connectivity index (χ4n) is 2.16. The Bertz CT molecular complexity index is 347. The fraction of sp³-hybridized carbons (Fsp3) is 0.941. The zero-order chi connectivity index (χ0) is 17.7. The van der Waals surface area contributed by atoms with Gasteiger partial charge in [-0.15, -0.1) is 0 Å². The third kappa shape index (κ3) is 6.38. The molecular weight excluding hydrogens is 296 g/mol. The van der Waals surface area contributed by atoms with Crippen LogP contribution in [0.3, 0.4) is 0 Å². The van der Waals surface area contributed by atoms with Gasteiger partial charge in [0, 0.05) is 5.92 Å². The van der Waals surface area contributed by atoms with Gasteiger partial charge >= 0.3 is 5.97 Å². The molecule has 3 atom stereocenters. The monoisotopic (exact) mass is 332 g/mol. The van der Waals surface area contributed by atoms with Gasteiger partial charge in [-0.2, -0.15) is 0 Å². The summed E-state index contributed by atoms with van der Waals surface area (Å²) in [6, 6.07) is 0. The largest absolute Gasteiger partial charge is 0.466 e. The van der Waals surface area contributed by atoms with Crippen LogP contribution in [0.2, 0.25) is 18.1 Å². The first-order valence-electron chi connectivity index (χ1n) is 8.35. The van der Waals surface area contributed by atoms with Crippen LogP contribution in [0.5, 0.6) is 0 Å². The molecule has 0 spiro atoms. The van der Waals surface area contributed by atoms with E-state index in [2.05, 4.69) is 47.7 Å². The number of esters is 1. The maximum Gasteiger partial charge on any atom is 0.308 e. The van der Waals surface area contributed by atoms with Gasteiger partial charge < -0.3 is 14.3 Å². The van der Waals surface area contributed by atoms with Crippen molar-refractivity contribution >= 4 is 14.3 Å². The van der Waals surface area contributed by atoms with Gasteiger partial charge in [-0.25, -0.2) is 0 Å². The summed E-state index contributed by atoms with van der Waals surface area (Å²) in [7, 11) is -1.92. The lowest BCUT2D eigenvalue weighted by molar-refractivity contribution is -0.146. The number of carbonyl (C=O) groups excluding carboxylic acids is 1. The van der Waals surface area contributed by atoms with Crippen LogP contribution < -0.4 is 0 Å². The van der Waals surface area contributed by atoms with Crippen LogP contribution in [0.4, 0.5) is 0 Å². The van der Waals surface area contributed by atoms with Gasteiger partial charge in [0.15, 0.2) is 8.32 Å². The van der Waals surface area contributed by atoms with E-state index in [4.69, 9.17) is 9.16 Å². The summed E-state index contributed by atoms with van der Waals surface area (Å²) in [5.41, 5.74) is 0. The summed E-state index contributed by atoms with van der Waals surface area (Å²) in [4.78, 5) is 11.6. The molecule has 0 unspecified atom stereocenters. The summed E-state index contributed by atoms with van der Waals surface area (Å²) in [5, 5.41) is 10.5. The quantitative estimate of drug-likeness (QED) is 0.539. The van der Waals surface area contributed by atoms with Crippen LogP contribution in [0.15, 0.2) is 0 Å². The molecule has 0 aromatic carbocycles. The van der Waals surface area contributed by atoms with Crippen molar-refractivity contribution < 1.29 is 19.1 Å². The molecule has 0 fully saturated rings. The highest BCUT2D eigenvalue weighted by Gasteiger charge is 2.42. The van der Waals surface area contributed by atoms with Crippen molar-refractivity contribution in [3.63, 3.8) is 0 Å². The Morgan fingerprint density at radius 3 is 2.05 bits per heavy atom. The van der Waals surface area contributed by atoms with Gasteiger partial charge in [-0.3, -0.25) is 4.79 Å². The van der Waals surface area contributed by atoms with E-state index in [1.54, 1.807) is 6.92 Å². The molecule has 4 nitrogen and oxygen atoms in total. The molecule has 132 valence electrons. The van der Waals surface area contributed by atoms with Crippen LogP contribution in [-0.4, -0.2) is 38.2 Å². The minimum Gasteiger partial charge on any atom is -0.466 e. The van der Waals surface area contributed by atoms with Crippen LogP contribution in [0.1, 0.15) is 54.9 Å². The normalized spacial score (nSPS) is 17.2. The summed E-state index contributed by atoms with van der Waals surface area (Å²) in [6.07, 6.45) is -0.777. The van der Waals surface area contributed by atoms with Gasteiger partial charge in [-0.05, 0) is 31.0 Å². The molecule has 0 aliphatic heterocycles. The molecule has 0 aliphatic carbocycles. The lowest BCUT2D eigenvalue weighted by Crippen LogP contribution is -2.49. The Labute approximate surface area is 137 Å². The predicted octanol–water partition coefficient (Wildman–Crippen LogP) is 3.98. The number of rotatable bonds is 8. The van der Waals surface area contributed by atoms with E-state index in [1.807, 2.05) is 6.92 Å². The molecule has 0 radical (unpaired) electrons. The minimum absolute atomic E-state index is 0.0269. The van der Waals surface area contributed by atoms with Crippen molar-refractivity contribution in [2.24, 2.45) is 11.8 Å². The summed E-state index contributed by atoms with van der Waals surface area (Å²) in [6.45, 7) is 19.3. The molecule has 1 N–H and O–H groups in total. The van der Waals surface area contributed by atoms with Crippen molar-refractivity contribution in [3.8, 4) is 0 Å². The number of hydrogen-bond donors (Lipinski definition) is 1. The highest BCUT2D eigenvalue weighted by atomic mass is 28.4. The topological polar surface area (TPSA) is 55.8 Å². The van der Waals surface area contributed by atoms with Gasteiger partial charge in [0.1, 0.15) is 0 Å². The molecule has 0 aromatic rings. The Morgan fingerprint density at radius 2 is 1.68 bits per heavy atom. The Morgan fingerprint density at radius 1 is 1.18 bits per heavy atom. The number of hydrogen-bond acceptors (Lipinski definition) is 4. The fourth-order valence-corrected chi connectivity index (χ4v) is 3.68. The van der Waals surface area contributed by atoms with Crippen LogP contribution >= 0.6 is 0 Å². The summed E-state index contributed by atoms with van der Waals surface area (Å²) in [5.74, 6) is -0.184. The van der Waals surface area contributed by atoms with Crippen molar-refractivity contribution in [1.82, 2.24) is 0 Å². The summed E-state index contributed by atoms with van der Waals surface area (Å²) < 4.78 is 11.4. The molecule has 0 bridgehead atoms. The van der Waals surface area contributed by atoms with Crippen molar-refractivity contribution in [2.75, 3.05) is 6.61 Å². The van der Waals surface area contributed by atoms with Crippen LogP contribution in [0.25, 0.3) is 0 Å². The molecule has 5 heteroatoms. The molecule has 0 rings (SSSR count). The molecule has 0 saturated carbocycles. The second kappa shape index (κ2) is 8.46. The lowest BCUT2D eigenvalue weighted by atomic mass is 9.89. The molecule has 0 amide bonds. The molecule has 0 aromatic heterocycles. The molecule has 0 aliphatic rings. The van der Waals surface area contributed by atoms with Crippen LogP contribution in [0, 0.1) is 11.8 Å². The van der Waals surface area contributed by atoms with E-state index in [-0.39, 0.29) is 35.4 Å². The molecular formula is C17H36O4Si. The number of ether oxygens (including phenoxy) is 1. The van der Waals surface area contributed by atoms with Gasteiger partial charge in [-0.1, -0.05) is 41.5 Å². The molecule has 22 heavy (non-hydrogen) atoms. The Kier molecular flexibility index (Phi) is 8.31. The summed E-state index contributed by atoms with van der Waals surface area (Å²) >= 11 is 0. The Balaban J connectivity index is 4.99. The molecule has 0 saturated heterocycles. The second-order valence-electron chi connectivity index (χ2n) is 8.02. The van der Waals surface area contributed by atoms with E-state index in [0.717, 1.165) is 0 Å². The van der Waals surface area contributed by atoms with Gasteiger partial charge in [0.05, 0.1) is 25.2 Å².